The lowest BCUT2D eigenvalue weighted by molar-refractivity contribution is -0.0374. The highest BCUT2D eigenvalue weighted by Crippen LogP contribution is 2.61. The molecule has 0 radical (unpaired) electrons. The Labute approximate surface area is 264 Å². The molecular weight excluding hydrogens is 581 g/mol. The number of carbonyl (C=O) groups excluding carboxylic acids is 2. The summed E-state index contributed by atoms with van der Waals surface area (Å²) in [5.74, 6) is -0.779. The minimum Gasteiger partial charge on any atom is -0.440 e. The summed E-state index contributed by atoms with van der Waals surface area (Å²) in [6, 6.07) is 10.4. The van der Waals surface area contributed by atoms with Crippen molar-refractivity contribution in [3.05, 3.63) is 81.1 Å². The Morgan fingerprint density at radius 2 is 2.02 bits per heavy atom. The molecule has 5 aliphatic rings. The van der Waals surface area contributed by atoms with Crippen LogP contribution in [0.2, 0.25) is 5.02 Å². The number of carbonyl (C=O) groups is 2. The molecule has 8 heteroatoms. The number of hydrogen-bond donors (Lipinski definition) is 1. The van der Waals surface area contributed by atoms with Crippen LogP contribution >= 0.6 is 11.6 Å². The maximum absolute atomic E-state index is 14.8. The second-order valence-electron chi connectivity index (χ2n) is 13.6. The van der Waals surface area contributed by atoms with Gasteiger partial charge in [0.1, 0.15) is 11.4 Å². The average molecular weight is 624 g/mol. The second-order valence-corrected chi connectivity index (χ2v) is 14.0. The summed E-state index contributed by atoms with van der Waals surface area (Å²) >= 11 is 6.34. The highest BCUT2D eigenvalue weighted by atomic mass is 35.5. The van der Waals surface area contributed by atoms with Crippen LogP contribution in [-0.2, 0) is 22.3 Å². The van der Waals surface area contributed by atoms with Crippen molar-refractivity contribution in [3.8, 4) is 0 Å². The van der Waals surface area contributed by atoms with Gasteiger partial charge in [0.25, 0.3) is 0 Å². The zero-order chi connectivity index (χ0) is 31.1. The first kappa shape index (κ1) is 31.3. The van der Waals surface area contributed by atoms with E-state index in [0.29, 0.717) is 37.9 Å². The van der Waals surface area contributed by atoms with E-state index in [-0.39, 0.29) is 40.9 Å². The van der Waals surface area contributed by atoms with Crippen molar-refractivity contribution < 1.29 is 28.6 Å². The van der Waals surface area contributed by atoms with E-state index < -0.39 is 22.9 Å². The van der Waals surface area contributed by atoms with Gasteiger partial charge in [-0.3, -0.25) is 4.79 Å². The molecule has 2 aromatic rings. The minimum atomic E-state index is -0.698. The normalized spacial score (nSPS) is 30.8. The first-order valence-electron chi connectivity index (χ1n) is 16.1. The monoisotopic (exact) mass is 623 g/mol. The summed E-state index contributed by atoms with van der Waals surface area (Å²) in [7, 11) is 0. The first-order chi connectivity index (χ1) is 21.1. The molecule has 7 rings (SSSR count). The van der Waals surface area contributed by atoms with Crippen molar-refractivity contribution >= 4 is 23.5 Å². The Balaban J connectivity index is 1.40. The summed E-state index contributed by atoms with van der Waals surface area (Å²) in [5, 5.41) is 11.1. The molecule has 0 aromatic heterocycles. The minimum absolute atomic E-state index is 0.0367. The fourth-order valence-corrected chi connectivity index (χ4v) is 8.39. The maximum Gasteiger partial charge on any atom is 0.410 e. The molecule has 1 amide bonds. The molecule has 5 unspecified atom stereocenters. The Morgan fingerprint density at radius 1 is 1.18 bits per heavy atom. The third-order valence-corrected chi connectivity index (χ3v) is 11.1. The number of fused-ring (bicyclic) bond motifs is 8. The van der Waals surface area contributed by atoms with Crippen LogP contribution in [0.1, 0.15) is 98.2 Å². The maximum atomic E-state index is 14.8. The van der Waals surface area contributed by atoms with Crippen molar-refractivity contribution in [2.75, 3.05) is 19.7 Å². The SMILES string of the molecule is CC1=CCCC2(C)C(CCC23CN(CC2CCCO2)C(=O)O3)c2ccc(cc2C(=O)Cc2c(F)cccc2Cl)CC(O)CC1. The smallest absolute Gasteiger partial charge is 0.410 e. The lowest BCUT2D eigenvalue weighted by atomic mass is 9.64. The van der Waals surface area contributed by atoms with Gasteiger partial charge in [-0.1, -0.05) is 48.4 Å². The number of aliphatic hydroxyl groups excluding tert-OH is 1. The van der Waals surface area contributed by atoms with Crippen LogP contribution in [-0.4, -0.2) is 59.4 Å². The largest absolute Gasteiger partial charge is 0.440 e. The summed E-state index contributed by atoms with van der Waals surface area (Å²) in [5.41, 5.74) is 2.57. The van der Waals surface area contributed by atoms with E-state index in [1.165, 1.54) is 17.7 Å². The molecular formula is C36H43ClFNO5. The number of amides is 1. The topological polar surface area (TPSA) is 76.1 Å². The molecule has 1 spiro atoms. The van der Waals surface area contributed by atoms with Gasteiger partial charge in [-0.05, 0) is 100.0 Å². The number of ketones is 1. The molecule has 3 aliphatic carbocycles. The van der Waals surface area contributed by atoms with Crippen molar-refractivity contribution in [2.45, 2.75) is 102 Å². The third-order valence-electron chi connectivity index (χ3n) is 10.8. The van der Waals surface area contributed by atoms with Gasteiger partial charge in [-0.25, -0.2) is 9.18 Å². The van der Waals surface area contributed by atoms with Gasteiger partial charge in [0.15, 0.2) is 5.78 Å². The van der Waals surface area contributed by atoms with Crippen LogP contribution in [0, 0.1) is 11.2 Å². The number of nitrogens with zero attached hydrogens (tertiary/aromatic N) is 1. The fourth-order valence-electron chi connectivity index (χ4n) is 8.16. The number of hydrogen-bond acceptors (Lipinski definition) is 5. The van der Waals surface area contributed by atoms with Gasteiger partial charge < -0.3 is 19.5 Å². The number of halogens is 2. The predicted octanol–water partition coefficient (Wildman–Crippen LogP) is 7.58. The number of allylic oxidation sites excluding steroid dienone is 2. The number of aliphatic hydroxyl groups is 1. The van der Waals surface area contributed by atoms with E-state index in [4.69, 9.17) is 21.1 Å². The van der Waals surface area contributed by atoms with Crippen LogP contribution in [0.4, 0.5) is 9.18 Å². The summed E-state index contributed by atoms with van der Waals surface area (Å²) < 4.78 is 27.1. The predicted molar refractivity (Wildman–Crippen MR) is 168 cm³/mol. The number of rotatable bonds is 5. The molecule has 3 fully saturated rings. The Kier molecular flexibility index (Phi) is 8.93. The van der Waals surface area contributed by atoms with Crippen LogP contribution in [0.25, 0.3) is 0 Å². The summed E-state index contributed by atoms with van der Waals surface area (Å²) in [6.07, 6.45) is 8.10. The number of benzene rings is 2. The molecule has 6 nitrogen and oxygen atoms in total. The summed E-state index contributed by atoms with van der Waals surface area (Å²) in [4.78, 5) is 29.3. The second kappa shape index (κ2) is 12.6. The van der Waals surface area contributed by atoms with E-state index in [0.717, 1.165) is 56.3 Å². The van der Waals surface area contributed by atoms with Crippen molar-refractivity contribution in [1.82, 2.24) is 4.90 Å². The molecule has 44 heavy (non-hydrogen) atoms. The zero-order valence-electron chi connectivity index (χ0n) is 25.7. The molecule has 2 heterocycles. The van der Waals surface area contributed by atoms with E-state index in [9.17, 15) is 19.1 Å². The van der Waals surface area contributed by atoms with E-state index in [1.54, 1.807) is 6.07 Å². The Morgan fingerprint density at radius 3 is 2.80 bits per heavy atom. The highest BCUT2D eigenvalue weighted by Gasteiger charge is 2.64. The van der Waals surface area contributed by atoms with E-state index >= 15 is 0 Å². The fraction of sp³-hybridized carbons (Fsp3) is 0.556. The number of Topliss-reactive ketones (excluding diaryl/α,β-unsaturated/α-hetero) is 1. The number of ether oxygens (including phenoxy) is 2. The highest BCUT2D eigenvalue weighted by molar-refractivity contribution is 6.31. The molecule has 2 saturated heterocycles. The van der Waals surface area contributed by atoms with Gasteiger partial charge in [0, 0.05) is 34.6 Å². The van der Waals surface area contributed by atoms with Crippen LogP contribution in [0.15, 0.2) is 48.0 Å². The Bertz CT molecular complexity index is 1430. The van der Waals surface area contributed by atoms with Crippen molar-refractivity contribution in [3.63, 3.8) is 0 Å². The van der Waals surface area contributed by atoms with Crippen molar-refractivity contribution in [2.24, 2.45) is 5.41 Å². The standard InChI is InChI=1S/C36H43ClFNO5/c1-23-6-4-15-35(2)30(14-16-36(35)22-39(34(42)44-36)21-26-7-5-17-43-26)27-13-11-24(18-25(40)12-10-23)19-28(27)33(41)20-29-31(37)8-3-9-32(29)38/h3,6,8-9,11,13,19,25-26,30,40H,4-5,7,10,12,14-18,20-22H2,1-2H3. The lowest BCUT2D eigenvalue weighted by Crippen LogP contribution is -2.48. The van der Waals surface area contributed by atoms with Crippen LogP contribution in [0.5, 0.6) is 0 Å². The third kappa shape index (κ3) is 5.95. The summed E-state index contributed by atoms with van der Waals surface area (Å²) in [6.45, 7) is 6.10. The molecule has 1 N–H and O–H groups in total. The molecule has 1 saturated carbocycles. The first-order valence-corrected chi connectivity index (χ1v) is 16.5. The van der Waals surface area contributed by atoms with E-state index in [1.807, 2.05) is 23.1 Å². The van der Waals surface area contributed by atoms with Crippen LogP contribution < -0.4 is 0 Å². The van der Waals surface area contributed by atoms with Crippen LogP contribution in [0.3, 0.4) is 0 Å². The Hall–Kier alpha value is -2.74. The van der Waals surface area contributed by atoms with Gasteiger partial charge in [-0.2, -0.15) is 0 Å². The van der Waals surface area contributed by atoms with E-state index in [2.05, 4.69) is 19.9 Å². The average Bonchev–Trinajstić information content (AvgIpc) is 3.68. The van der Waals surface area contributed by atoms with Gasteiger partial charge >= 0.3 is 6.09 Å². The lowest BCUT2D eigenvalue weighted by Gasteiger charge is -2.43. The molecule has 2 aliphatic heterocycles. The molecule has 2 bridgehead atoms. The zero-order valence-corrected chi connectivity index (χ0v) is 26.5. The van der Waals surface area contributed by atoms with Gasteiger partial charge in [-0.15, -0.1) is 0 Å². The van der Waals surface area contributed by atoms with Gasteiger partial charge in [0.05, 0.1) is 25.3 Å². The quantitative estimate of drug-likeness (QED) is 0.274. The van der Waals surface area contributed by atoms with Gasteiger partial charge in [0.2, 0.25) is 0 Å². The molecule has 236 valence electrons. The van der Waals surface area contributed by atoms with Crippen molar-refractivity contribution in [1.29, 1.82) is 0 Å². The molecule has 5 atom stereocenters. The molecule has 2 aromatic carbocycles.